The number of nitrogens with zero attached hydrogens (tertiary/aromatic N) is 1. The Morgan fingerprint density at radius 2 is 1.59 bits per heavy atom. The highest BCUT2D eigenvalue weighted by molar-refractivity contribution is 5.95. The van der Waals surface area contributed by atoms with Gasteiger partial charge >= 0.3 is 6.03 Å². The minimum absolute atomic E-state index is 0.251. The number of hydrogen-bond acceptors (Lipinski definition) is 1. The molecule has 0 aliphatic rings. The smallest absolute Gasteiger partial charge is 0.307 e. The summed E-state index contributed by atoms with van der Waals surface area (Å²) in [5, 5.41) is 2.76. The van der Waals surface area contributed by atoms with Crippen LogP contribution in [0.25, 0.3) is 0 Å². The predicted molar refractivity (Wildman–Crippen MR) is 68.7 cm³/mol. The fourth-order valence-electron chi connectivity index (χ4n) is 1.63. The van der Waals surface area contributed by atoms with Crippen LogP contribution in [-0.2, 0) is 0 Å². The molecule has 0 saturated heterocycles. The molecule has 0 spiro atoms. The van der Waals surface area contributed by atoms with Gasteiger partial charge in [-0.1, -0.05) is 18.2 Å². The molecule has 17 heavy (non-hydrogen) atoms. The molecular formula is C13H15N3O. The Hall–Kier alpha value is -2.23. The number of rotatable bonds is 2. The summed E-state index contributed by atoms with van der Waals surface area (Å²) in [4.78, 5) is 11.7. The lowest BCUT2D eigenvalue weighted by Gasteiger charge is -2.12. The van der Waals surface area contributed by atoms with Gasteiger partial charge in [0.1, 0.15) is 0 Å². The Labute approximate surface area is 100 Å². The number of anilines is 1. The molecule has 0 fully saturated rings. The number of para-hydroxylation sites is 1. The topological polar surface area (TPSA) is 46.1 Å². The minimum Gasteiger partial charge on any atom is -0.307 e. The first-order chi connectivity index (χ1) is 8.16. The quantitative estimate of drug-likeness (QED) is 0.817. The summed E-state index contributed by atoms with van der Waals surface area (Å²) in [6, 6.07) is 13.0. The molecule has 0 saturated carbocycles. The molecular weight excluding hydrogens is 214 g/mol. The summed E-state index contributed by atoms with van der Waals surface area (Å²) in [5.74, 6) is 0. The van der Waals surface area contributed by atoms with E-state index in [1.54, 1.807) is 4.68 Å². The molecule has 2 amide bonds. The van der Waals surface area contributed by atoms with E-state index in [9.17, 15) is 4.79 Å². The Morgan fingerprint density at radius 3 is 2.18 bits per heavy atom. The van der Waals surface area contributed by atoms with Crippen LogP contribution in [0, 0.1) is 13.8 Å². The molecule has 0 aliphatic carbocycles. The van der Waals surface area contributed by atoms with Gasteiger partial charge in [0.05, 0.1) is 0 Å². The number of carbonyl (C=O) groups is 1. The van der Waals surface area contributed by atoms with E-state index in [1.165, 1.54) is 0 Å². The monoisotopic (exact) mass is 229 g/mol. The molecule has 0 unspecified atom stereocenters. The number of hydrogen-bond donors (Lipinski definition) is 2. The van der Waals surface area contributed by atoms with Crippen molar-refractivity contribution < 1.29 is 4.79 Å². The van der Waals surface area contributed by atoms with Crippen LogP contribution >= 0.6 is 0 Å². The lowest BCUT2D eigenvalue weighted by Crippen LogP contribution is -2.29. The third-order valence-electron chi connectivity index (χ3n) is 2.52. The number of amides is 2. The van der Waals surface area contributed by atoms with Crippen LogP contribution in [0.3, 0.4) is 0 Å². The molecule has 0 bridgehead atoms. The van der Waals surface area contributed by atoms with E-state index in [1.807, 2.05) is 56.3 Å². The SMILES string of the molecule is Cc1ccc(C)n1NC(=O)Nc1ccccc1. The average molecular weight is 229 g/mol. The van der Waals surface area contributed by atoms with Crippen molar-refractivity contribution in [1.82, 2.24) is 4.68 Å². The van der Waals surface area contributed by atoms with Crippen molar-refractivity contribution in [3.05, 3.63) is 53.9 Å². The van der Waals surface area contributed by atoms with Crippen LogP contribution in [0.5, 0.6) is 0 Å². The van der Waals surface area contributed by atoms with E-state index in [2.05, 4.69) is 10.7 Å². The van der Waals surface area contributed by atoms with Crippen molar-refractivity contribution in [2.75, 3.05) is 10.7 Å². The molecule has 1 aromatic carbocycles. The summed E-state index contributed by atoms with van der Waals surface area (Å²) in [7, 11) is 0. The molecule has 1 aromatic heterocycles. The van der Waals surface area contributed by atoms with Gasteiger partial charge in [-0.15, -0.1) is 0 Å². The summed E-state index contributed by atoms with van der Waals surface area (Å²) in [6.45, 7) is 3.88. The second kappa shape index (κ2) is 4.74. The van der Waals surface area contributed by atoms with Gasteiger partial charge in [-0.3, -0.25) is 4.68 Å². The number of benzene rings is 1. The van der Waals surface area contributed by atoms with E-state index < -0.39 is 0 Å². The Kier molecular flexibility index (Phi) is 3.14. The molecule has 4 nitrogen and oxygen atoms in total. The molecule has 88 valence electrons. The van der Waals surface area contributed by atoms with Crippen LogP contribution in [0.4, 0.5) is 10.5 Å². The average Bonchev–Trinajstić information content (AvgIpc) is 2.62. The van der Waals surface area contributed by atoms with E-state index in [0.29, 0.717) is 0 Å². The zero-order valence-electron chi connectivity index (χ0n) is 9.90. The van der Waals surface area contributed by atoms with Crippen molar-refractivity contribution in [1.29, 1.82) is 0 Å². The van der Waals surface area contributed by atoms with Crippen molar-refractivity contribution in [2.24, 2.45) is 0 Å². The van der Waals surface area contributed by atoms with Gasteiger partial charge in [0.15, 0.2) is 0 Å². The van der Waals surface area contributed by atoms with Crippen molar-refractivity contribution in [3.63, 3.8) is 0 Å². The second-order valence-electron chi connectivity index (χ2n) is 3.88. The van der Waals surface area contributed by atoms with E-state index in [-0.39, 0.29) is 6.03 Å². The van der Waals surface area contributed by atoms with Crippen LogP contribution in [-0.4, -0.2) is 10.7 Å². The van der Waals surface area contributed by atoms with Crippen LogP contribution in [0.15, 0.2) is 42.5 Å². The van der Waals surface area contributed by atoms with Crippen molar-refractivity contribution in [2.45, 2.75) is 13.8 Å². The van der Waals surface area contributed by atoms with Gasteiger partial charge in [-0.25, -0.2) is 10.2 Å². The molecule has 2 aromatic rings. The maximum atomic E-state index is 11.7. The highest BCUT2D eigenvalue weighted by Gasteiger charge is 2.05. The number of urea groups is 1. The molecule has 4 heteroatoms. The van der Waals surface area contributed by atoms with Crippen LogP contribution in [0.1, 0.15) is 11.4 Å². The molecule has 0 aliphatic heterocycles. The molecule has 0 atom stereocenters. The van der Waals surface area contributed by atoms with Gasteiger partial charge in [0, 0.05) is 17.1 Å². The zero-order chi connectivity index (χ0) is 12.3. The largest absolute Gasteiger partial charge is 0.338 e. The van der Waals surface area contributed by atoms with E-state index in [0.717, 1.165) is 17.1 Å². The summed E-state index contributed by atoms with van der Waals surface area (Å²) in [6.07, 6.45) is 0. The molecule has 2 rings (SSSR count). The zero-order valence-corrected chi connectivity index (χ0v) is 9.90. The van der Waals surface area contributed by atoms with Gasteiger partial charge in [-0.05, 0) is 38.1 Å². The lowest BCUT2D eigenvalue weighted by atomic mass is 10.3. The Bertz CT molecular complexity index is 497. The number of carbonyl (C=O) groups excluding carboxylic acids is 1. The fourth-order valence-corrected chi connectivity index (χ4v) is 1.63. The second-order valence-corrected chi connectivity index (χ2v) is 3.88. The van der Waals surface area contributed by atoms with Gasteiger partial charge in [-0.2, -0.15) is 0 Å². The standard InChI is InChI=1S/C13H15N3O/c1-10-8-9-11(2)16(10)15-13(17)14-12-6-4-3-5-7-12/h3-9H,1-2H3,(H2,14,15,17). The first kappa shape index (κ1) is 11.3. The number of aryl methyl sites for hydroxylation is 2. The normalized spacial score (nSPS) is 10.0. The number of aromatic nitrogens is 1. The van der Waals surface area contributed by atoms with Gasteiger partial charge < -0.3 is 5.32 Å². The van der Waals surface area contributed by atoms with Gasteiger partial charge in [0.2, 0.25) is 0 Å². The first-order valence-corrected chi connectivity index (χ1v) is 5.45. The Balaban J connectivity index is 2.03. The lowest BCUT2D eigenvalue weighted by molar-refractivity contribution is 0.259. The third-order valence-corrected chi connectivity index (χ3v) is 2.52. The fraction of sp³-hybridized carbons (Fsp3) is 0.154. The summed E-state index contributed by atoms with van der Waals surface area (Å²) < 4.78 is 1.75. The highest BCUT2D eigenvalue weighted by atomic mass is 16.2. The van der Waals surface area contributed by atoms with E-state index in [4.69, 9.17) is 0 Å². The van der Waals surface area contributed by atoms with Gasteiger partial charge in [0.25, 0.3) is 0 Å². The number of nitrogens with one attached hydrogen (secondary N) is 2. The first-order valence-electron chi connectivity index (χ1n) is 5.45. The molecule has 2 N–H and O–H groups in total. The molecule has 1 heterocycles. The van der Waals surface area contributed by atoms with E-state index >= 15 is 0 Å². The maximum absolute atomic E-state index is 11.7. The van der Waals surface area contributed by atoms with Crippen molar-refractivity contribution >= 4 is 11.7 Å². The third kappa shape index (κ3) is 2.66. The van der Waals surface area contributed by atoms with Crippen molar-refractivity contribution in [3.8, 4) is 0 Å². The Morgan fingerprint density at radius 1 is 1.00 bits per heavy atom. The van der Waals surface area contributed by atoms with Crippen LogP contribution in [0.2, 0.25) is 0 Å². The van der Waals surface area contributed by atoms with Crippen LogP contribution < -0.4 is 10.7 Å². The summed E-state index contributed by atoms with van der Waals surface area (Å²) >= 11 is 0. The highest BCUT2D eigenvalue weighted by Crippen LogP contribution is 2.07. The molecule has 0 radical (unpaired) electrons. The maximum Gasteiger partial charge on any atom is 0.338 e. The summed E-state index contributed by atoms with van der Waals surface area (Å²) in [5.41, 5.74) is 5.53. The predicted octanol–water partition coefficient (Wildman–Crippen LogP) is 2.88. The minimum atomic E-state index is -0.251.